The van der Waals surface area contributed by atoms with E-state index >= 15 is 0 Å². The molecular weight excluding hydrogens is 416 g/mol. The summed E-state index contributed by atoms with van der Waals surface area (Å²) in [6, 6.07) is 4.80. The van der Waals surface area contributed by atoms with Gasteiger partial charge in [0, 0.05) is 11.6 Å². The number of carbonyl (C=O) groups is 2. The zero-order valence-corrected chi connectivity index (χ0v) is 17.9. The topological polar surface area (TPSA) is 79.1 Å². The quantitative estimate of drug-likeness (QED) is 0.685. The third-order valence-electron chi connectivity index (χ3n) is 5.00. The van der Waals surface area contributed by atoms with Crippen molar-refractivity contribution in [2.45, 2.75) is 44.9 Å². The Hall–Kier alpha value is -2.16. The van der Waals surface area contributed by atoms with Gasteiger partial charge in [-0.05, 0) is 44.9 Å². The molecule has 1 saturated heterocycles. The van der Waals surface area contributed by atoms with Gasteiger partial charge in [0.2, 0.25) is 0 Å². The van der Waals surface area contributed by atoms with E-state index in [0.29, 0.717) is 34.4 Å². The summed E-state index contributed by atoms with van der Waals surface area (Å²) in [5, 5.41) is 0.412. The summed E-state index contributed by atoms with van der Waals surface area (Å²) in [6.07, 6.45) is 1.84. The van der Waals surface area contributed by atoms with E-state index in [2.05, 4.69) is 4.99 Å². The van der Waals surface area contributed by atoms with Crippen molar-refractivity contribution in [3.05, 3.63) is 44.2 Å². The maximum absolute atomic E-state index is 12.9. The van der Waals surface area contributed by atoms with Crippen LogP contribution in [0.25, 0.3) is 0 Å². The van der Waals surface area contributed by atoms with Gasteiger partial charge in [-0.2, -0.15) is 4.99 Å². The van der Waals surface area contributed by atoms with E-state index in [1.54, 1.807) is 16.7 Å². The van der Waals surface area contributed by atoms with Crippen molar-refractivity contribution in [1.29, 1.82) is 0 Å². The second-order valence-corrected chi connectivity index (χ2v) is 8.88. The molecule has 0 saturated carbocycles. The average molecular weight is 437 g/mol. The number of hydrogen-bond donors (Lipinski definition) is 0. The van der Waals surface area contributed by atoms with E-state index in [-0.39, 0.29) is 11.7 Å². The van der Waals surface area contributed by atoms with Gasteiger partial charge in [-0.25, -0.2) is 4.79 Å². The molecule has 1 aromatic carbocycles. The SMILES string of the molecule is COc1ccc(Cl)cc1C(=O)/N=c1\sc2c(n1C[C@H]1CCCO1)C(=O)OC2(C)C. The summed E-state index contributed by atoms with van der Waals surface area (Å²) in [7, 11) is 1.48. The van der Waals surface area contributed by atoms with Gasteiger partial charge in [0.15, 0.2) is 4.80 Å². The number of aromatic nitrogens is 1. The van der Waals surface area contributed by atoms with Crippen LogP contribution in [-0.4, -0.2) is 36.3 Å². The molecule has 29 heavy (non-hydrogen) atoms. The smallest absolute Gasteiger partial charge is 0.357 e. The molecule has 0 bridgehead atoms. The number of methoxy groups -OCH3 is 1. The van der Waals surface area contributed by atoms with Gasteiger partial charge in [-0.3, -0.25) is 4.79 Å². The van der Waals surface area contributed by atoms with Crippen LogP contribution in [0.5, 0.6) is 5.75 Å². The highest BCUT2D eigenvalue weighted by atomic mass is 35.5. The molecule has 0 spiro atoms. The van der Waals surface area contributed by atoms with Crippen molar-refractivity contribution in [3.8, 4) is 5.75 Å². The fourth-order valence-corrected chi connectivity index (χ4v) is 4.93. The first kappa shape index (κ1) is 20.1. The fourth-order valence-electron chi connectivity index (χ4n) is 3.59. The van der Waals surface area contributed by atoms with Crippen molar-refractivity contribution in [3.63, 3.8) is 0 Å². The molecule has 0 unspecified atom stereocenters. The van der Waals surface area contributed by atoms with Crippen LogP contribution in [0.15, 0.2) is 23.2 Å². The van der Waals surface area contributed by atoms with Crippen LogP contribution in [-0.2, 0) is 21.6 Å². The average Bonchev–Trinajstić information content (AvgIpc) is 3.35. The molecule has 1 aromatic heterocycles. The number of esters is 1. The lowest BCUT2D eigenvalue weighted by molar-refractivity contribution is 0.00969. The van der Waals surface area contributed by atoms with Gasteiger partial charge < -0.3 is 18.8 Å². The summed E-state index contributed by atoms with van der Waals surface area (Å²) in [4.78, 5) is 31.0. The first-order valence-corrected chi connectivity index (χ1v) is 10.5. The van der Waals surface area contributed by atoms with E-state index in [4.69, 9.17) is 25.8 Å². The molecule has 1 atom stereocenters. The minimum absolute atomic E-state index is 0.0278. The monoisotopic (exact) mass is 436 g/mol. The molecule has 9 heteroatoms. The molecule has 7 nitrogen and oxygen atoms in total. The number of fused-ring (bicyclic) bond motifs is 1. The number of halogens is 1. The van der Waals surface area contributed by atoms with Gasteiger partial charge >= 0.3 is 5.97 Å². The highest BCUT2D eigenvalue weighted by molar-refractivity contribution is 7.09. The lowest BCUT2D eigenvalue weighted by Gasteiger charge is -2.15. The fraction of sp³-hybridized carbons (Fsp3) is 0.450. The Labute approximate surface area is 176 Å². The minimum atomic E-state index is -0.764. The molecule has 1 fully saturated rings. The van der Waals surface area contributed by atoms with Crippen LogP contribution >= 0.6 is 22.9 Å². The summed E-state index contributed by atoms with van der Waals surface area (Å²) in [6.45, 7) is 4.79. The molecule has 0 N–H and O–H groups in total. The van der Waals surface area contributed by atoms with Crippen LogP contribution in [0.1, 0.15) is 52.4 Å². The predicted octanol–water partition coefficient (Wildman–Crippen LogP) is 3.54. The molecule has 4 rings (SSSR count). The standard InChI is InChI=1S/C20H21ClN2O5S/c1-20(2)16-15(18(25)28-20)23(10-12-5-4-8-27-12)19(29-16)22-17(24)13-9-11(21)6-7-14(13)26-3/h6-7,9,12H,4-5,8,10H2,1-3H3/b22-19-/t12-/m1/s1. The number of hydrogen-bond acceptors (Lipinski definition) is 6. The van der Waals surface area contributed by atoms with Gasteiger partial charge in [-0.1, -0.05) is 22.9 Å². The second-order valence-electron chi connectivity index (χ2n) is 7.47. The minimum Gasteiger partial charge on any atom is -0.496 e. The molecule has 154 valence electrons. The Balaban J connectivity index is 1.83. The molecule has 0 aliphatic carbocycles. The van der Waals surface area contributed by atoms with Crippen LogP contribution in [0, 0.1) is 0 Å². The number of amides is 1. The number of benzene rings is 1. The van der Waals surface area contributed by atoms with Crippen LogP contribution in [0.2, 0.25) is 5.02 Å². The van der Waals surface area contributed by atoms with E-state index in [0.717, 1.165) is 17.7 Å². The highest BCUT2D eigenvalue weighted by Crippen LogP contribution is 2.38. The van der Waals surface area contributed by atoms with Crippen molar-refractivity contribution in [2.75, 3.05) is 13.7 Å². The molecule has 1 amide bonds. The third-order valence-corrected chi connectivity index (χ3v) is 6.61. The summed E-state index contributed by atoms with van der Waals surface area (Å²) in [5.74, 6) is -0.511. The molecule has 3 heterocycles. The van der Waals surface area contributed by atoms with E-state index in [9.17, 15) is 9.59 Å². The number of cyclic esters (lactones) is 1. The first-order valence-electron chi connectivity index (χ1n) is 9.32. The highest BCUT2D eigenvalue weighted by Gasteiger charge is 2.43. The maximum Gasteiger partial charge on any atom is 0.357 e. The summed E-state index contributed by atoms with van der Waals surface area (Å²) >= 11 is 7.34. The number of carbonyl (C=O) groups excluding carboxylic acids is 2. The Morgan fingerprint density at radius 3 is 2.93 bits per heavy atom. The second kappa shape index (κ2) is 7.59. The Morgan fingerprint density at radius 1 is 1.45 bits per heavy atom. The van der Waals surface area contributed by atoms with E-state index < -0.39 is 17.5 Å². The van der Waals surface area contributed by atoms with Gasteiger partial charge in [0.1, 0.15) is 17.0 Å². The Morgan fingerprint density at radius 2 is 2.24 bits per heavy atom. The van der Waals surface area contributed by atoms with Crippen molar-refractivity contribution < 1.29 is 23.8 Å². The zero-order chi connectivity index (χ0) is 20.8. The van der Waals surface area contributed by atoms with E-state index in [1.165, 1.54) is 24.5 Å². The normalized spacial score (nSPS) is 20.6. The van der Waals surface area contributed by atoms with Gasteiger partial charge in [-0.15, -0.1) is 0 Å². The van der Waals surface area contributed by atoms with Crippen LogP contribution in [0.4, 0.5) is 0 Å². The lowest BCUT2D eigenvalue weighted by Crippen LogP contribution is -2.27. The Bertz CT molecular complexity index is 1050. The maximum atomic E-state index is 12.9. The first-order chi connectivity index (χ1) is 13.8. The number of rotatable bonds is 4. The number of ether oxygens (including phenoxy) is 3. The van der Waals surface area contributed by atoms with Crippen molar-refractivity contribution >= 4 is 34.8 Å². The van der Waals surface area contributed by atoms with Gasteiger partial charge in [0.05, 0.1) is 30.2 Å². The van der Waals surface area contributed by atoms with Crippen molar-refractivity contribution in [2.24, 2.45) is 4.99 Å². The summed E-state index contributed by atoms with van der Waals surface area (Å²) < 4.78 is 18.3. The van der Waals surface area contributed by atoms with Crippen molar-refractivity contribution in [1.82, 2.24) is 4.57 Å². The zero-order valence-electron chi connectivity index (χ0n) is 16.4. The molecule has 2 aliphatic rings. The lowest BCUT2D eigenvalue weighted by atomic mass is 10.1. The van der Waals surface area contributed by atoms with Crippen LogP contribution in [0.3, 0.4) is 0 Å². The molecular formula is C20H21ClN2O5S. The molecule has 2 aromatic rings. The van der Waals surface area contributed by atoms with Gasteiger partial charge in [0.25, 0.3) is 5.91 Å². The number of thiazole rings is 1. The predicted molar refractivity (Wildman–Crippen MR) is 108 cm³/mol. The molecule has 0 radical (unpaired) electrons. The van der Waals surface area contributed by atoms with Crippen LogP contribution < -0.4 is 9.54 Å². The summed E-state index contributed by atoms with van der Waals surface area (Å²) in [5.41, 5.74) is -0.0564. The largest absolute Gasteiger partial charge is 0.496 e. The number of nitrogens with zero attached hydrogens (tertiary/aromatic N) is 2. The Kier molecular flexibility index (Phi) is 5.27. The van der Waals surface area contributed by atoms with E-state index in [1.807, 2.05) is 13.8 Å². The molecule has 2 aliphatic heterocycles. The third kappa shape index (κ3) is 3.72.